The van der Waals surface area contributed by atoms with Crippen LogP contribution in [0.25, 0.3) is 0 Å². The molecule has 1 N–H and O–H groups in total. The molecule has 0 aromatic heterocycles. The second-order valence-electron chi connectivity index (χ2n) is 5.09. The van der Waals surface area contributed by atoms with E-state index >= 15 is 0 Å². The summed E-state index contributed by atoms with van der Waals surface area (Å²) in [6.45, 7) is 0. The zero-order valence-electron chi connectivity index (χ0n) is 12.0. The highest BCUT2D eigenvalue weighted by Gasteiger charge is 2.31. The Morgan fingerprint density at radius 1 is 1.05 bits per heavy atom. The predicted molar refractivity (Wildman–Crippen MR) is 84.4 cm³/mol. The summed E-state index contributed by atoms with van der Waals surface area (Å²) < 4.78 is 0. The minimum atomic E-state index is -1.18. The van der Waals surface area contributed by atoms with Gasteiger partial charge < -0.3 is 10.0 Å². The molecule has 2 unspecified atom stereocenters. The summed E-state index contributed by atoms with van der Waals surface area (Å²) in [5.74, 6) is -0.835. The third-order valence-electron chi connectivity index (χ3n) is 3.41. The Balaban J connectivity index is 2.50. The molecular formula is C17H18ClNO2. The van der Waals surface area contributed by atoms with E-state index in [1.807, 2.05) is 48.5 Å². The Kier molecular flexibility index (Phi) is 4.99. The SMILES string of the molecule is CN(C)C(=O)C(O)C(c1ccccc1)c1ccccc1Cl. The molecular weight excluding hydrogens is 286 g/mol. The molecule has 0 aliphatic heterocycles. The van der Waals surface area contributed by atoms with Crippen LogP contribution >= 0.6 is 11.6 Å². The summed E-state index contributed by atoms with van der Waals surface area (Å²) in [5.41, 5.74) is 1.60. The molecule has 0 aliphatic carbocycles. The fraction of sp³-hybridized carbons (Fsp3) is 0.235. The quantitative estimate of drug-likeness (QED) is 0.943. The van der Waals surface area contributed by atoms with Crippen LogP contribution in [0, 0.1) is 0 Å². The maximum Gasteiger partial charge on any atom is 0.251 e. The molecule has 2 aromatic rings. The van der Waals surface area contributed by atoms with E-state index < -0.39 is 12.0 Å². The maximum absolute atomic E-state index is 12.2. The number of rotatable bonds is 4. The van der Waals surface area contributed by atoms with Crippen molar-refractivity contribution in [1.29, 1.82) is 0 Å². The Labute approximate surface area is 129 Å². The van der Waals surface area contributed by atoms with Gasteiger partial charge in [-0.25, -0.2) is 0 Å². The standard InChI is InChI=1S/C17H18ClNO2/c1-19(2)17(21)16(20)15(12-8-4-3-5-9-12)13-10-6-7-11-14(13)18/h3-11,15-16,20H,1-2H3. The molecule has 1 amide bonds. The van der Waals surface area contributed by atoms with Crippen LogP contribution in [0.15, 0.2) is 54.6 Å². The van der Waals surface area contributed by atoms with E-state index in [4.69, 9.17) is 11.6 Å². The Morgan fingerprint density at radius 3 is 2.19 bits per heavy atom. The van der Waals surface area contributed by atoms with Gasteiger partial charge in [-0.05, 0) is 17.2 Å². The first-order valence-electron chi connectivity index (χ1n) is 6.71. The number of aliphatic hydroxyl groups excluding tert-OH is 1. The highest BCUT2D eigenvalue weighted by Crippen LogP contribution is 2.33. The predicted octanol–water partition coefficient (Wildman–Crippen LogP) is 2.92. The number of carbonyl (C=O) groups is 1. The van der Waals surface area contributed by atoms with Gasteiger partial charge in [0.15, 0.2) is 0 Å². The Bertz CT molecular complexity index is 613. The summed E-state index contributed by atoms with van der Waals surface area (Å²) in [6.07, 6.45) is -1.18. The topological polar surface area (TPSA) is 40.5 Å². The van der Waals surface area contributed by atoms with Gasteiger partial charge in [0.1, 0.15) is 6.10 Å². The molecule has 0 saturated heterocycles. The second kappa shape index (κ2) is 6.74. The molecule has 2 rings (SSSR count). The summed E-state index contributed by atoms with van der Waals surface area (Å²) >= 11 is 6.26. The molecule has 110 valence electrons. The van der Waals surface area contributed by atoms with Gasteiger partial charge in [0.25, 0.3) is 5.91 Å². The third-order valence-corrected chi connectivity index (χ3v) is 3.75. The number of carbonyl (C=O) groups excluding carboxylic acids is 1. The van der Waals surface area contributed by atoms with E-state index in [0.717, 1.165) is 11.1 Å². The van der Waals surface area contributed by atoms with E-state index in [2.05, 4.69) is 0 Å². The second-order valence-corrected chi connectivity index (χ2v) is 5.49. The van der Waals surface area contributed by atoms with Crippen LogP contribution in [-0.4, -0.2) is 36.1 Å². The minimum absolute atomic E-state index is 0.344. The van der Waals surface area contributed by atoms with E-state index in [9.17, 15) is 9.90 Å². The highest BCUT2D eigenvalue weighted by molar-refractivity contribution is 6.31. The lowest BCUT2D eigenvalue weighted by molar-refractivity contribution is -0.138. The van der Waals surface area contributed by atoms with Crippen LogP contribution in [-0.2, 0) is 4.79 Å². The van der Waals surface area contributed by atoms with Gasteiger partial charge >= 0.3 is 0 Å². The zero-order valence-corrected chi connectivity index (χ0v) is 12.8. The molecule has 3 nitrogen and oxygen atoms in total. The molecule has 21 heavy (non-hydrogen) atoms. The lowest BCUT2D eigenvalue weighted by Crippen LogP contribution is -2.38. The monoisotopic (exact) mass is 303 g/mol. The number of nitrogens with zero attached hydrogens (tertiary/aromatic N) is 1. The van der Waals surface area contributed by atoms with Gasteiger partial charge in [0.2, 0.25) is 0 Å². The van der Waals surface area contributed by atoms with Crippen molar-refractivity contribution in [2.24, 2.45) is 0 Å². The van der Waals surface area contributed by atoms with Crippen molar-refractivity contribution in [3.8, 4) is 0 Å². The smallest absolute Gasteiger partial charge is 0.251 e. The number of hydrogen-bond acceptors (Lipinski definition) is 2. The van der Waals surface area contributed by atoms with Gasteiger partial charge in [-0.15, -0.1) is 0 Å². The van der Waals surface area contributed by atoms with E-state index in [1.165, 1.54) is 4.90 Å². The minimum Gasteiger partial charge on any atom is -0.382 e. The average molecular weight is 304 g/mol. The summed E-state index contributed by atoms with van der Waals surface area (Å²) in [5, 5.41) is 11.1. The maximum atomic E-state index is 12.2. The highest BCUT2D eigenvalue weighted by atomic mass is 35.5. The molecule has 0 aliphatic rings. The third kappa shape index (κ3) is 3.43. The average Bonchev–Trinajstić information content (AvgIpc) is 2.49. The summed E-state index contributed by atoms with van der Waals surface area (Å²) in [6, 6.07) is 16.7. The van der Waals surface area contributed by atoms with Gasteiger partial charge in [-0.1, -0.05) is 60.1 Å². The first kappa shape index (κ1) is 15.5. The first-order valence-corrected chi connectivity index (χ1v) is 7.08. The molecule has 0 saturated carbocycles. The van der Waals surface area contributed by atoms with Crippen LogP contribution in [0.2, 0.25) is 5.02 Å². The van der Waals surface area contributed by atoms with Crippen molar-refractivity contribution in [1.82, 2.24) is 4.90 Å². The van der Waals surface area contributed by atoms with E-state index in [1.54, 1.807) is 20.2 Å². The summed E-state index contributed by atoms with van der Waals surface area (Å²) in [4.78, 5) is 13.6. The largest absolute Gasteiger partial charge is 0.382 e. The first-order chi connectivity index (χ1) is 10.0. The Morgan fingerprint density at radius 2 is 1.62 bits per heavy atom. The molecule has 0 radical (unpaired) electrons. The number of likely N-dealkylation sites (N-methyl/N-ethyl adjacent to an activating group) is 1. The van der Waals surface area contributed by atoms with Gasteiger partial charge in [0.05, 0.1) is 0 Å². The lowest BCUT2D eigenvalue weighted by Gasteiger charge is -2.26. The van der Waals surface area contributed by atoms with Crippen molar-refractivity contribution < 1.29 is 9.90 Å². The van der Waals surface area contributed by atoms with Crippen LogP contribution in [0.5, 0.6) is 0 Å². The van der Waals surface area contributed by atoms with E-state index in [-0.39, 0.29) is 5.91 Å². The lowest BCUT2D eigenvalue weighted by atomic mass is 9.86. The van der Waals surface area contributed by atoms with Crippen LogP contribution in [0.4, 0.5) is 0 Å². The van der Waals surface area contributed by atoms with Crippen molar-refractivity contribution >= 4 is 17.5 Å². The van der Waals surface area contributed by atoms with Crippen LogP contribution in [0.3, 0.4) is 0 Å². The van der Waals surface area contributed by atoms with Crippen molar-refractivity contribution in [3.63, 3.8) is 0 Å². The molecule has 0 bridgehead atoms. The fourth-order valence-electron chi connectivity index (χ4n) is 2.33. The number of amides is 1. The molecule has 0 fully saturated rings. The van der Waals surface area contributed by atoms with Gasteiger partial charge in [0, 0.05) is 25.0 Å². The number of hydrogen-bond donors (Lipinski definition) is 1. The van der Waals surface area contributed by atoms with Crippen molar-refractivity contribution in [2.75, 3.05) is 14.1 Å². The van der Waals surface area contributed by atoms with Crippen LogP contribution < -0.4 is 0 Å². The van der Waals surface area contributed by atoms with Crippen LogP contribution in [0.1, 0.15) is 17.0 Å². The normalized spacial score (nSPS) is 13.5. The molecule has 0 spiro atoms. The summed E-state index contributed by atoms with van der Waals surface area (Å²) in [7, 11) is 3.25. The fourth-order valence-corrected chi connectivity index (χ4v) is 2.58. The number of halogens is 1. The van der Waals surface area contributed by atoms with E-state index in [0.29, 0.717) is 5.02 Å². The van der Waals surface area contributed by atoms with Gasteiger partial charge in [-0.3, -0.25) is 4.79 Å². The van der Waals surface area contributed by atoms with Crippen molar-refractivity contribution in [3.05, 3.63) is 70.7 Å². The molecule has 0 heterocycles. The Hall–Kier alpha value is -1.84. The van der Waals surface area contributed by atoms with Crippen molar-refractivity contribution in [2.45, 2.75) is 12.0 Å². The zero-order chi connectivity index (χ0) is 15.4. The number of benzene rings is 2. The molecule has 2 aromatic carbocycles. The van der Waals surface area contributed by atoms with Gasteiger partial charge in [-0.2, -0.15) is 0 Å². The molecule has 2 atom stereocenters. The number of aliphatic hydroxyl groups is 1. The molecule has 4 heteroatoms.